The Morgan fingerprint density at radius 3 is 2.68 bits per heavy atom. The Labute approximate surface area is 134 Å². The molecule has 2 heterocycles. The number of Topliss-reactive ketones (excluding diaryl/α,β-unsaturated/α-hetero) is 1. The van der Waals surface area contributed by atoms with E-state index in [2.05, 4.69) is 0 Å². The third-order valence-corrected chi connectivity index (χ3v) is 3.94. The number of ether oxygens (including phenoxy) is 1. The summed E-state index contributed by atoms with van der Waals surface area (Å²) in [7, 11) is 0. The Morgan fingerprint density at radius 2 is 2.00 bits per heavy atom. The third-order valence-electron chi connectivity index (χ3n) is 3.70. The predicted octanol–water partition coefficient (Wildman–Crippen LogP) is 3.69. The molecule has 116 valence electrons. The molecule has 0 aliphatic carbocycles. The van der Waals surface area contributed by atoms with E-state index in [4.69, 9.17) is 16.3 Å². The highest BCUT2D eigenvalue weighted by Crippen LogP contribution is 2.33. The molecule has 5 heteroatoms. The first-order valence-electron chi connectivity index (χ1n) is 7.31. The zero-order valence-corrected chi connectivity index (χ0v) is 13.6. The van der Waals surface area contributed by atoms with Gasteiger partial charge < -0.3 is 9.30 Å². The Hall–Kier alpha value is -1.81. The maximum absolute atomic E-state index is 12.5. The van der Waals surface area contributed by atoms with Gasteiger partial charge in [-0.25, -0.2) is 4.79 Å². The number of esters is 1. The van der Waals surface area contributed by atoms with Crippen LogP contribution in [0.4, 0.5) is 0 Å². The second-order valence-electron chi connectivity index (χ2n) is 6.61. The summed E-state index contributed by atoms with van der Waals surface area (Å²) in [6.45, 7) is 5.39. The molecule has 1 aromatic carbocycles. The van der Waals surface area contributed by atoms with Crippen LogP contribution < -0.4 is 0 Å². The van der Waals surface area contributed by atoms with Gasteiger partial charge in [0.2, 0.25) is 0 Å². The van der Waals surface area contributed by atoms with Crippen LogP contribution in [0.25, 0.3) is 10.9 Å². The molecule has 4 nitrogen and oxygen atoms in total. The number of halogens is 1. The van der Waals surface area contributed by atoms with E-state index in [9.17, 15) is 9.59 Å². The van der Waals surface area contributed by atoms with Crippen molar-refractivity contribution in [2.45, 2.75) is 45.3 Å². The van der Waals surface area contributed by atoms with E-state index in [0.717, 1.165) is 16.6 Å². The number of nitrogens with zero attached hydrogens (tertiary/aromatic N) is 1. The molecule has 0 saturated heterocycles. The highest BCUT2D eigenvalue weighted by atomic mass is 35.5. The van der Waals surface area contributed by atoms with Gasteiger partial charge in [0.25, 0.3) is 0 Å². The Morgan fingerprint density at radius 1 is 1.27 bits per heavy atom. The van der Waals surface area contributed by atoms with Crippen molar-refractivity contribution in [1.29, 1.82) is 0 Å². The molecular formula is C17H18ClNO3. The van der Waals surface area contributed by atoms with E-state index in [0.29, 0.717) is 17.9 Å². The summed E-state index contributed by atoms with van der Waals surface area (Å²) in [4.78, 5) is 24.9. The van der Waals surface area contributed by atoms with Crippen LogP contribution in [0.15, 0.2) is 24.3 Å². The molecule has 1 aliphatic rings. The van der Waals surface area contributed by atoms with Gasteiger partial charge in [0, 0.05) is 28.0 Å². The van der Waals surface area contributed by atoms with Crippen LogP contribution in [0.3, 0.4) is 0 Å². The smallest absolute Gasteiger partial charge is 0.337 e. The van der Waals surface area contributed by atoms with E-state index >= 15 is 0 Å². The largest absolute Gasteiger partial charge is 0.458 e. The number of rotatable bonds is 1. The minimum Gasteiger partial charge on any atom is -0.458 e. The summed E-state index contributed by atoms with van der Waals surface area (Å²) in [5, 5.41) is 1.57. The number of benzene rings is 1. The van der Waals surface area contributed by atoms with Crippen molar-refractivity contribution >= 4 is 34.3 Å². The fourth-order valence-corrected chi connectivity index (χ4v) is 3.07. The van der Waals surface area contributed by atoms with Crippen molar-refractivity contribution in [2.75, 3.05) is 0 Å². The topological polar surface area (TPSA) is 48.3 Å². The van der Waals surface area contributed by atoms with Gasteiger partial charge in [-0.15, -0.1) is 0 Å². The fraction of sp³-hybridized carbons (Fsp3) is 0.412. The molecule has 0 unspecified atom stereocenters. The average Bonchev–Trinajstić information content (AvgIpc) is 2.73. The Kier molecular flexibility index (Phi) is 3.52. The molecule has 3 rings (SSSR count). The highest BCUT2D eigenvalue weighted by Gasteiger charge is 2.37. The van der Waals surface area contributed by atoms with Crippen molar-refractivity contribution in [3.63, 3.8) is 0 Å². The lowest BCUT2D eigenvalue weighted by atomic mass is 10.0. The van der Waals surface area contributed by atoms with Gasteiger partial charge in [0.15, 0.2) is 11.8 Å². The highest BCUT2D eigenvalue weighted by molar-refractivity contribution is 6.31. The normalized spacial score (nSPS) is 18.4. The molecule has 1 aliphatic heterocycles. The van der Waals surface area contributed by atoms with Crippen LogP contribution >= 0.6 is 11.6 Å². The van der Waals surface area contributed by atoms with Gasteiger partial charge in [-0.1, -0.05) is 11.6 Å². The molecule has 0 radical (unpaired) electrons. The summed E-state index contributed by atoms with van der Waals surface area (Å²) >= 11 is 6.03. The summed E-state index contributed by atoms with van der Waals surface area (Å²) in [6.07, 6.45) is 0.985. The third kappa shape index (κ3) is 2.63. The van der Waals surface area contributed by atoms with E-state index in [1.54, 1.807) is 31.4 Å². The lowest BCUT2D eigenvalue weighted by Gasteiger charge is -2.28. The van der Waals surface area contributed by atoms with Crippen LogP contribution in [0.5, 0.6) is 0 Å². The van der Waals surface area contributed by atoms with Crippen LogP contribution in [-0.4, -0.2) is 21.9 Å². The van der Waals surface area contributed by atoms with Crippen molar-refractivity contribution in [1.82, 2.24) is 4.57 Å². The van der Waals surface area contributed by atoms with E-state index in [-0.39, 0.29) is 5.78 Å². The van der Waals surface area contributed by atoms with Crippen molar-refractivity contribution in [2.24, 2.45) is 0 Å². The minimum absolute atomic E-state index is 0.103. The number of aryl methyl sites for hydroxylation is 1. The number of aromatic nitrogens is 1. The van der Waals surface area contributed by atoms with Gasteiger partial charge >= 0.3 is 5.97 Å². The van der Waals surface area contributed by atoms with Crippen molar-refractivity contribution in [3.05, 3.63) is 35.0 Å². The van der Waals surface area contributed by atoms with Gasteiger partial charge in [-0.2, -0.15) is 0 Å². The van der Waals surface area contributed by atoms with Crippen LogP contribution in [0.1, 0.15) is 38.9 Å². The van der Waals surface area contributed by atoms with Gasteiger partial charge in [0.1, 0.15) is 5.60 Å². The van der Waals surface area contributed by atoms with E-state index < -0.39 is 17.6 Å². The summed E-state index contributed by atoms with van der Waals surface area (Å²) in [6, 6.07) is 6.55. The Balaban J connectivity index is 2.12. The molecule has 0 N–H and O–H groups in total. The van der Waals surface area contributed by atoms with Crippen molar-refractivity contribution < 1.29 is 14.3 Å². The first kappa shape index (κ1) is 15.1. The summed E-state index contributed by atoms with van der Waals surface area (Å²) in [5.41, 5.74) is 1.18. The zero-order valence-electron chi connectivity index (χ0n) is 12.9. The number of carbonyl (C=O) groups excluding carboxylic acids is 2. The van der Waals surface area contributed by atoms with Gasteiger partial charge in [0.05, 0.1) is 0 Å². The average molecular weight is 320 g/mol. The molecule has 0 amide bonds. The second kappa shape index (κ2) is 5.13. The number of carbonyl (C=O) groups is 2. The molecule has 0 fully saturated rings. The maximum Gasteiger partial charge on any atom is 0.337 e. The quantitative estimate of drug-likeness (QED) is 0.595. The monoisotopic (exact) mass is 319 g/mol. The molecular weight excluding hydrogens is 302 g/mol. The lowest BCUT2D eigenvalue weighted by Crippen LogP contribution is -2.37. The summed E-state index contributed by atoms with van der Waals surface area (Å²) in [5.74, 6) is -0.597. The minimum atomic E-state index is -0.901. The second-order valence-corrected chi connectivity index (χ2v) is 7.05. The molecule has 0 bridgehead atoms. The predicted molar refractivity (Wildman–Crippen MR) is 85.2 cm³/mol. The van der Waals surface area contributed by atoms with Crippen LogP contribution in [-0.2, 0) is 20.7 Å². The fourth-order valence-electron chi connectivity index (χ4n) is 2.89. The van der Waals surface area contributed by atoms with Crippen molar-refractivity contribution in [3.8, 4) is 0 Å². The first-order valence-corrected chi connectivity index (χ1v) is 7.69. The number of hydrogen-bond donors (Lipinski definition) is 0. The van der Waals surface area contributed by atoms with Gasteiger partial charge in [-0.3, -0.25) is 4.79 Å². The van der Waals surface area contributed by atoms with Crippen LogP contribution in [0.2, 0.25) is 5.02 Å². The van der Waals surface area contributed by atoms with Crippen LogP contribution in [0, 0.1) is 0 Å². The maximum atomic E-state index is 12.5. The molecule has 1 atom stereocenters. The molecule has 2 aromatic rings. The first-order chi connectivity index (χ1) is 10.3. The Bertz CT molecular complexity index is 770. The molecule has 22 heavy (non-hydrogen) atoms. The number of hydrogen-bond acceptors (Lipinski definition) is 3. The summed E-state index contributed by atoms with van der Waals surface area (Å²) < 4.78 is 7.24. The standard InChI is InChI=1S/C17H18ClNO3/c1-17(2,3)22-16(21)15-14(20)7-5-12-9-10-8-11(18)4-6-13(10)19(12)15/h4,6,8-9,15H,5,7H2,1-3H3/t15-/m1/s1. The molecule has 1 aromatic heterocycles. The van der Waals surface area contributed by atoms with E-state index in [1.165, 1.54) is 0 Å². The molecule has 0 saturated carbocycles. The van der Waals surface area contributed by atoms with E-state index in [1.807, 2.05) is 18.2 Å². The number of fused-ring (bicyclic) bond motifs is 3. The lowest BCUT2D eigenvalue weighted by molar-refractivity contribution is -0.161. The van der Waals surface area contributed by atoms with Gasteiger partial charge in [-0.05, 0) is 51.5 Å². The zero-order chi connectivity index (χ0) is 16.1. The SMILES string of the molecule is CC(C)(C)OC(=O)[C@H]1C(=O)CCc2cc3cc(Cl)ccc3n21. The molecule has 0 spiro atoms. The number of ketones is 1.